The molecule has 0 saturated carbocycles. The Balaban J connectivity index is 2.02. The summed E-state index contributed by atoms with van der Waals surface area (Å²) in [6, 6.07) is 6.97. The van der Waals surface area contributed by atoms with Crippen LogP contribution in [0.5, 0.6) is 0 Å². The maximum Gasteiger partial charge on any atom is 0.224 e. The lowest BCUT2D eigenvalue weighted by molar-refractivity contribution is -0.128. The van der Waals surface area contributed by atoms with Crippen LogP contribution >= 0.6 is 11.6 Å². The van der Waals surface area contributed by atoms with Gasteiger partial charge in [-0.15, -0.1) is 0 Å². The van der Waals surface area contributed by atoms with E-state index in [-0.39, 0.29) is 24.1 Å². The molecule has 1 N–H and O–H groups in total. The molecule has 0 aliphatic carbocycles. The molecule has 110 valence electrons. The van der Waals surface area contributed by atoms with E-state index >= 15 is 0 Å². The zero-order valence-corrected chi connectivity index (χ0v) is 12.7. The summed E-state index contributed by atoms with van der Waals surface area (Å²) in [5, 5.41) is 0.609. The van der Waals surface area contributed by atoms with Crippen molar-refractivity contribution in [1.82, 2.24) is 9.62 Å². The van der Waals surface area contributed by atoms with Crippen LogP contribution in [-0.4, -0.2) is 37.6 Å². The van der Waals surface area contributed by atoms with E-state index in [2.05, 4.69) is 4.72 Å². The molecule has 1 amide bonds. The van der Waals surface area contributed by atoms with E-state index in [1.807, 2.05) is 18.2 Å². The van der Waals surface area contributed by atoms with Crippen molar-refractivity contribution in [2.75, 3.05) is 12.3 Å². The molecule has 1 saturated heterocycles. The molecule has 1 fully saturated rings. The lowest BCUT2D eigenvalue weighted by Gasteiger charge is -2.17. The highest BCUT2D eigenvalue weighted by Gasteiger charge is 2.31. The zero-order chi connectivity index (χ0) is 14.8. The summed E-state index contributed by atoms with van der Waals surface area (Å²) in [5.41, 5.74) is 0.863. The fourth-order valence-corrected chi connectivity index (χ4v) is 3.20. The topological polar surface area (TPSA) is 66.5 Å². The van der Waals surface area contributed by atoms with Crippen molar-refractivity contribution in [3.8, 4) is 0 Å². The average Bonchev–Trinajstić information content (AvgIpc) is 2.72. The molecule has 0 radical (unpaired) electrons. The summed E-state index contributed by atoms with van der Waals surface area (Å²) >= 11 is 6.07. The van der Waals surface area contributed by atoms with E-state index in [1.165, 1.54) is 0 Å². The van der Waals surface area contributed by atoms with E-state index in [1.54, 1.807) is 17.9 Å². The lowest BCUT2D eigenvalue weighted by Crippen LogP contribution is -2.37. The van der Waals surface area contributed by atoms with Gasteiger partial charge in [0.05, 0.1) is 5.75 Å². The molecule has 0 bridgehead atoms. The number of benzene rings is 1. The molecule has 0 unspecified atom stereocenters. The fraction of sp³-hybridized carbons (Fsp3) is 0.462. The maximum absolute atomic E-state index is 11.9. The minimum absolute atomic E-state index is 0.0161. The van der Waals surface area contributed by atoms with Gasteiger partial charge < -0.3 is 4.90 Å². The summed E-state index contributed by atoms with van der Waals surface area (Å²) in [7, 11) is -3.29. The molecule has 1 aliphatic rings. The Labute approximate surface area is 124 Å². The smallest absolute Gasteiger partial charge is 0.224 e. The predicted molar refractivity (Wildman–Crippen MR) is 77.9 cm³/mol. The third-order valence-electron chi connectivity index (χ3n) is 3.26. The number of likely N-dealkylation sites (tertiary alicyclic amines) is 1. The van der Waals surface area contributed by atoms with Gasteiger partial charge in [0.1, 0.15) is 0 Å². The zero-order valence-electron chi connectivity index (χ0n) is 11.2. The van der Waals surface area contributed by atoms with Crippen LogP contribution in [0.3, 0.4) is 0 Å². The van der Waals surface area contributed by atoms with Crippen LogP contribution in [0.2, 0.25) is 5.02 Å². The summed E-state index contributed by atoms with van der Waals surface area (Å²) in [6.07, 6.45) is 0.198. The van der Waals surface area contributed by atoms with Crippen molar-refractivity contribution in [1.29, 1.82) is 0 Å². The van der Waals surface area contributed by atoms with Crippen molar-refractivity contribution in [2.24, 2.45) is 0 Å². The van der Waals surface area contributed by atoms with Crippen LogP contribution in [0, 0.1) is 0 Å². The molecule has 1 aromatic carbocycles. The lowest BCUT2D eigenvalue weighted by atomic mass is 10.2. The molecular formula is C13H17ClN2O3S. The minimum Gasteiger partial charge on any atom is -0.337 e. The maximum atomic E-state index is 11.9. The van der Waals surface area contributed by atoms with Crippen LogP contribution in [0.4, 0.5) is 0 Å². The Morgan fingerprint density at radius 3 is 2.75 bits per heavy atom. The summed E-state index contributed by atoms with van der Waals surface area (Å²) in [5.74, 6) is -0.0453. The molecule has 1 heterocycles. The number of carbonyl (C=O) groups excluding carboxylic acids is 1. The summed E-state index contributed by atoms with van der Waals surface area (Å²) in [6.45, 7) is 2.35. The molecule has 5 nitrogen and oxygen atoms in total. The Morgan fingerprint density at radius 1 is 1.40 bits per heavy atom. The largest absolute Gasteiger partial charge is 0.337 e. The van der Waals surface area contributed by atoms with Gasteiger partial charge in [-0.2, -0.15) is 0 Å². The van der Waals surface area contributed by atoms with Gasteiger partial charge in [0.25, 0.3) is 0 Å². The number of halogens is 1. The Morgan fingerprint density at radius 2 is 2.10 bits per heavy atom. The van der Waals surface area contributed by atoms with Gasteiger partial charge in [-0.25, -0.2) is 13.1 Å². The Kier molecular flexibility index (Phi) is 4.67. The number of nitrogens with one attached hydrogen (secondary N) is 1. The second-order valence-corrected chi connectivity index (χ2v) is 7.24. The Bertz CT molecular complexity index is 603. The highest BCUT2D eigenvalue weighted by Crippen LogP contribution is 2.20. The summed E-state index contributed by atoms with van der Waals surface area (Å²) in [4.78, 5) is 13.6. The number of nitrogens with zero attached hydrogens (tertiary/aromatic N) is 1. The van der Waals surface area contributed by atoms with Crippen molar-refractivity contribution < 1.29 is 13.2 Å². The van der Waals surface area contributed by atoms with Gasteiger partial charge >= 0.3 is 0 Å². The van der Waals surface area contributed by atoms with E-state index in [0.717, 1.165) is 5.56 Å². The van der Waals surface area contributed by atoms with E-state index in [0.29, 0.717) is 18.1 Å². The molecule has 2 rings (SSSR count). The number of amides is 1. The van der Waals surface area contributed by atoms with Crippen LogP contribution in [0.15, 0.2) is 24.3 Å². The number of sulfonamides is 1. The first kappa shape index (κ1) is 15.3. The van der Waals surface area contributed by atoms with Gasteiger partial charge in [-0.1, -0.05) is 29.8 Å². The second-order valence-electron chi connectivity index (χ2n) is 4.79. The first-order valence-electron chi connectivity index (χ1n) is 6.42. The van der Waals surface area contributed by atoms with E-state index in [9.17, 15) is 13.2 Å². The second kappa shape index (κ2) is 6.11. The number of carbonyl (C=O) groups is 1. The molecular weight excluding hydrogens is 300 g/mol. The normalized spacial score (nSPS) is 19.6. The molecule has 0 aromatic heterocycles. The third kappa shape index (κ3) is 3.71. The quantitative estimate of drug-likeness (QED) is 0.892. The first-order valence-corrected chi connectivity index (χ1v) is 8.45. The monoisotopic (exact) mass is 316 g/mol. The van der Waals surface area contributed by atoms with Crippen molar-refractivity contribution in [2.45, 2.75) is 25.9 Å². The molecule has 7 heteroatoms. The van der Waals surface area contributed by atoms with Crippen LogP contribution < -0.4 is 4.72 Å². The molecule has 0 spiro atoms. The highest BCUT2D eigenvalue weighted by atomic mass is 35.5. The van der Waals surface area contributed by atoms with Crippen LogP contribution in [-0.2, 0) is 21.4 Å². The highest BCUT2D eigenvalue weighted by molar-refractivity contribution is 7.89. The molecule has 1 aliphatic heterocycles. The SMILES string of the molecule is CCS(=O)(=O)N[C@H]1CC(=O)N(Cc2ccccc2Cl)C1. The third-order valence-corrected chi connectivity index (χ3v) is 5.08. The number of hydrogen-bond donors (Lipinski definition) is 1. The van der Waals surface area contributed by atoms with Gasteiger partial charge in [-0.05, 0) is 18.6 Å². The number of hydrogen-bond acceptors (Lipinski definition) is 3. The fourth-order valence-electron chi connectivity index (χ4n) is 2.17. The number of rotatable bonds is 5. The van der Waals surface area contributed by atoms with Crippen LogP contribution in [0.1, 0.15) is 18.9 Å². The Hall–Kier alpha value is -1.11. The molecule has 1 atom stereocenters. The van der Waals surface area contributed by atoms with Crippen molar-refractivity contribution in [3.05, 3.63) is 34.9 Å². The first-order chi connectivity index (χ1) is 9.41. The van der Waals surface area contributed by atoms with Gasteiger partial charge in [0, 0.05) is 30.6 Å². The average molecular weight is 317 g/mol. The predicted octanol–water partition coefficient (Wildman–Crippen LogP) is 1.38. The summed E-state index contributed by atoms with van der Waals surface area (Å²) < 4.78 is 25.6. The van der Waals surface area contributed by atoms with E-state index < -0.39 is 10.0 Å². The standard InChI is InChI=1S/C13H17ClN2O3S/c1-2-20(18,19)15-11-7-13(17)16(9-11)8-10-5-3-4-6-12(10)14/h3-6,11,15H,2,7-9H2,1H3/t11-/m0/s1. The molecule has 1 aromatic rings. The van der Waals surface area contributed by atoms with Gasteiger partial charge in [0.15, 0.2) is 0 Å². The van der Waals surface area contributed by atoms with Crippen molar-refractivity contribution >= 4 is 27.5 Å². The van der Waals surface area contributed by atoms with Gasteiger partial charge in [0.2, 0.25) is 15.9 Å². The molecule has 20 heavy (non-hydrogen) atoms. The minimum atomic E-state index is -3.29. The van der Waals surface area contributed by atoms with Crippen LogP contribution in [0.25, 0.3) is 0 Å². The van der Waals surface area contributed by atoms with Gasteiger partial charge in [-0.3, -0.25) is 4.79 Å². The van der Waals surface area contributed by atoms with Crippen molar-refractivity contribution in [3.63, 3.8) is 0 Å². The van der Waals surface area contributed by atoms with E-state index in [4.69, 9.17) is 11.6 Å².